The molecule has 30 heteroatoms. The summed E-state index contributed by atoms with van der Waals surface area (Å²) in [6, 6.07) is 15.1. The molecule has 504 valence electrons. The highest BCUT2D eigenvalue weighted by molar-refractivity contribution is 6.32. The van der Waals surface area contributed by atoms with Gasteiger partial charge in [-0.3, -0.25) is 28.8 Å². The van der Waals surface area contributed by atoms with Gasteiger partial charge in [-0.2, -0.15) is 0 Å². The van der Waals surface area contributed by atoms with Crippen molar-refractivity contribution >= 4 is 76.6 Å². The van der Waals surface area contributed by atoms with Crippen LogP contribution in [0.4, 0.5) is 0 Å². The Balaban J connectivity index is 1.03. The average molecular weight is 1390 g/mol. The van der Waals surface area contributed by atoms with E-state index in [1.54, 1.807) is 6.07 Å². The molecule has 7 aliphatic heterocycles. The molecule has 14 N–H and O–H groups in total. The van der Waals surface area contributed by atoms with Gasteiger partial charge in [0.1, 0.15) is 82.6 Å². The number of amides is 6. The number of esters is 3. The Morgan fingerprint density at radius 3 is 1.83 bits per heavy atom. The zero-order chi connectivity index (χ0) is 69.8. The molecule has 0 aromatic heterocycles. The summed E-state index contributed by atoms with van der Waals surface area (Å²) in [6.07, 6.45) is -3.97. The molecule has 7 aliphatic rings. The molecular weight excluding hydrogens is 1330 g/mol. The third-order valence-electron chi connectivity index (χ3n) is 16.8. The van der Waals surface area contributed by atoms with Gasteiger partial charge in [0.05, 0.1) is 22.2 Å². The van der Waals surface area contributed by atoms with Crippen LogP contribution in [0.25, 0.3) is 11.1 Å². The normalized spacial score (nSPS) is 21.9. The predicted octanol–water partition coefficient (Wildman–Crippen LogP) is 6.27. The first-order valence-electron chi connectivity index (χ1n) is 30.2. The maximum atomic E-state index is 16.1. The molecule has 1 saturated heterocycles. The van der Waals surface area contributed by atoms with Crippen molar-refractivity contribution in [1.29, 1.82) is 0 Å². The van der Waals surface area contributed by atoms with Crippen LogP contribution in [-0.2, 0) is 54.3 Å². The van der Waals surface area contributed by atoms with Crippen LogP contribution in [0.1, 0.15) is 92.0 Å². The Kier molecular flexibility index (Phi) is 17.5. The van der Waals surface area contributed by atoms with E-state index in [-0.39, 0.29) is 97.2 Å². The van der Waals surface area contributed by atoms with Gasteiger partial charge in [-0.25, -0.2) is 14.4 Å². The van der Waals surface area contributed by atoms with Crippen LogP contribution in [-0.4, -0.2) is 109 Å². The van der Waals surface area contributed by atoms with Gasteiger partial charge in [-0.15, -0.1) is 0 Å². The van der Waals surface area contributed by atoms with Crippen molar-refractivity contribution in [3.63, 3.8) is 0 Å². The molecule has 0 aliphatic carbocycles. The molecule has 17 bridgehead atoms. The highest BCUT2D eigenvalue weighted by Crippen LogP contribution is 2.49. The summed E-state index contributed by atoms with van der Waals surface area (Å²) < 4.78 is 36.1. The summed E-state index contributed by atoms with van der Waals surface area (Å²) in [4.78, 5) is 134. The minimum absolute atomic E-state index is 0.0213. The first-order chi connectivity index (χ1) is 47.4. The second-order valence-electron chi connectivity index (χ2n) is 23.4. The summed E-state index contributed by atoms with van der Waals surface area (Å²) in [5, 5.41) is 84.4. The van der Waals surface area contributed by atoms with Crippen molar-refractivity contribution < 1.29 is 102 Å². The van der Waals surface area contributed by atoms with E-state index in [2.05, 4.69) is 31.9 Å². The first kappa shape index (κ1) is 65.5. The van der Waals surface area contributed by atoms with Crippen molar-refractivity contribution in [2.45, 2.75) is 67.3 Å². The van der Waals surface area contributed by atoms with Gasteiger partial charge in [-0.05, 0) is 124 Å². The second kappa shape index (κ2) is 26.5. The number of phenols is 5. The third-order valence-corrected chi connectivity index (χ3v) is 17.4. The van der Waals surface area contributed by atoms with Crippen molar-refractivity contribution in [2.24, 2.45) is 5.73 Å². The summed E-state index contributed by atoms with van der Waals surface area (Å²) >= 11 is 14.1. The monoisotopic (exact) mass is 1390 g/mol. The van der Waals surface area contributed by atoms with E-state index in [0.29, 0.717) is 0 Å². The number of cyclic esters (lactones) is 1. The molecule has 99 heavy (non-hydrogen) atoms. The molecular formula is C69H53Cl2N7O21. The van der Waals surface area contributed by atoms with Crippen LogP contribution in [0.5, 0.6) is 69.0 Å². The second-order valence-corrected chi connectivity index (χ2v) is 24.2. The predicted molar refractivity (Wildman–Crippen MR) is 342 cm³/mol. The number of halogens is 2. The number of phenolic OH excluding ortho intramolecular Hbond substituents is 5. The number of carbonyl (C=O) groups is 9. The smallest absolute Gasteiger partial charge is 0.347 e. The van der Waals surface area contributed by atoms with Crippen LogP contribution in [0.3, 0.4) is 0 Å². The van der Waals surface area contributed by atoms with E-state index in [1.165, 1.54) is 84.9 Å². The fraction of sp³-hybridized carbons (Fsp3) is 0.174. The number of carbonyl (C=O) groups excluding carboxylic acids is 9. The highest BCUT2D eigenvalue weighted by Gasteiger charge is 2.43. The summed E-state index contributed by atoms with van der Waals surface area (Å²) in [5.41, 5.74) is 4.08. The van der Waals surface area contributed by atoms with Crippen LogP contribution in [0.15, 0.2) is 146 Å². The minimum atomic E-state index is -2.29. The number of nitrogens with two attached hydrogens (primary N) is 1. The largest absolute Gasteiger partial charge is 0.508 e. The van der Waals surface area contributed by atoms with Crippen LogP contribution in [0, 0.1) is 0 Å². The number of nitrogens with one attached hydrogen (secondary N) is 6. The lowest BCUT2D eigenvalue weighted by Crippen LogP contribution is -2.55. The molecule has 7 heterocycles. The lowest BCUT2D eigenvalue weighted by molar-refractivity contribution is -0.144. The maximum Gasteiger partial charge on any atom is 0.347 e. The van der Waals surface area contributed by atoms with Gasteiger partial charge in [-0.1, -0.05) is 65.7 Å². The number of benzene rings is 8. The van der Waals surface area contributed by atoms with Crippen molar-refractivity contribution in [2.75, 3.05) is 6.61 Å². The first-order valence-corrected chi connectivity index (χ1v) is 30.9. The molecule has 8 aromatic carbocycles. The lowest BCUT2D eigenvalue weighted by atomic mass is 9.89. The zero-order valence-corrected chi connectivity index (χ0v) is 52.3. The minimum Gasteiger partial charge on any atom is -0.508 e. The Morgan fingerprint density at radius 2 is 1.14 bits per heavy atom. The average Bonchev–Trinajstić information content (AvgIpc) is 0.917. The summed E-state index contributed by atoms with van der Waals surface area (Å²) in [7, 11) is 0. The maximum absolute atomic E-state index is 16.1. The molecule has 8 aromatic rings. The van der Waals surface area contributed by atoms with Gasteiger partial charge in [0.25, 0.3) is 0 Å². The molecule has 0 radical (unpaired) electrons. The van der Waals surface area contributed by atoms with E-state index >= 15 is 24.0 Å². The standard InChI is InChI=1S/C69H53Cl2N7O21/c70-40-16-28-6-12-46(40)96-50-23-34-24-51(60(50)98-48-14-15-94-68(48)92)97-47-13-9-32(21-41(47)71)59(84)58-66(90)77-57(69(93)99-67(91)29-4-2-1-3-5-29)39-26-36(80)27-45(83)52(39)38-20-31(8-10-43(38)81)54(63(87)78-58)75-65(89)56(34)76-64(88)55-33-18-35(79)25-37(19-33)95-49-22-30(7-11-44(49)82)53(72)62(86)73-42(17-28)61(85)74-55/h1-13,16,18-27,42,48,53-59,79-84H,14-15,17,72H2,(H,73,86)(H,74,85)(H,75,89)(H,76,88)(H,77,90)(H,78,87)/t42-,48?,53+,54-,55+,56-,57-,58+,59-/m1/s1. The Morgan fingerprint density at radius 1 is 0.525 bits per heavy atom. The van der Waals surface area contributed by atoms with E-state index in [1.807, 2.05) is 0 Å². The molecule has 1 unspecified atom stereocenters. The Labute approximate surface area is 568 Å². The molecule has 0 saturated carbocycles. The molecule has 9 atom stereocenters. The summed E-state index contributed by atoms with van der Waals surface area (Å²) in [5.74, 6) is -16.6. The van der Waals surface area contributed by atoms with Crippen LogP contribution in [0.2, 0.25) is 10.0 Å². The van der Waals surface area contributed by atoms with E-state index in [4.69, 9.17) is 57.4 Å². The van der Waals surface area contributed by atoms with Gasteiger partial charge < -0.3 is 96.7 Å². The molecule has 0 spiro atoms. The van der Waals surface area contributed by atoms with Crippen molar-refractivity contribution in [1.82, 2.24) is 31.9 Å². The number of aromatic hydroxyl groups is 5. The quantitative estimate of drug-likeness (QED) is 0.0681. The number of hydrogen-bond donors (Lipinski definition) is 13. The number of rotatable bonds is 4. The molecule has 6 amide bonds. The number of aliphatic hydroxyl groups excluding tert-OH is 1. The SMILES string of the molecule is N[C@@H]1C(=O)N[C@@H]2Cc3ccc(c(Cl)c3)Oc3cc4cc(c3OC3CCOC3=O)Oc3ccc(cc3Cl)[C@@H](O)[C@@H]3NC(=O)[C@H](NC(=O)[C@@H]4NC(=O)[C@@H](NC2=O)c2cc(O)cc(c2)Oc2cc1ccc2O)c1ccc(O)c(c1)-c1c(O)cc(O)cc1[C@H](C(=O)OC(=O)c1ccccc1)NC3=O. The number of ether oxygens (including phenoxy) is 6. The van der Waals surface area contributed by atoms with Gasteiger partial charge in [0.15, 0.2) is 35.1 Å². The van der Waals surface area contributed by atoms with Crippen molar-refractivity contribution in [3.05, 3.63) is 200 Å². The summed E-state index contributed by atoms with van der Waals surface area (Å²) in [6.45, 7) is -0.0927. The van der Waals surface area contributed by atoms with E-state index in [9.17, 15) is 49.8 Å². The highest BCUT2D eigenvalue weighted by atomic mass is 35.5. The fourth-order valence-corrected chi connectivity index (χ4v) is 12.3. The van der Waals surface area contributed by atoms with Gasteiger partial charge >= 0.3 is 17.9 Å². The molecule has 28 nitrogen and oxygen atoms in total. The number of hydrogen-bond acceptors (Lipinski definition) is 22. The zero-order valence-electron chi connectivity index (χ0n) is 50.8. The fourth-order valence-electron chi connectivity index (χ4n) is 11.8. The third kappa shape index (κ3) is 13.2. The van der Waals surface area contributed by atoms with Crippen LogP contribution >= 0.6 is 23.2 Å². The van der Waals surface area contributed by atoms with Gasteiger partial charge in [0, 0.05) is 41.7 Å². The van der Waals surface area contributed by atoms with E-state index < -0.39 is 165 Å². The topological polar surface area (TPSA) is 429 Å². The van der Waals surface area contributed by atoms with Crippen molar-refractivity contribution in [3.8, 4) is 80.1 Å². The Bertz CT molecular complexity index is 4750. The van der Waals surface area contributed by atoms with Gasteiger partial charge in [0.2, 0.25) is 41.2 Å². The van der Waals surface area contributed by atoms with Crippen LogP contribution < -0.4 is 56.6 Å². The lowest BCUT2D eigenvalue weighted by Gasteiger charge is -2.31. The number of fused-ring (bicyclic) bond motifs is 14. The number of aliphatic hydroxyl groups is 1. The van der Waals surface area contributed by atoms with E-state index in [0.717, 1.165) is 54.6 Å². The Hall–Kier alpha value is -12.1. The molecule has 15 rings (SSSR count). The molecule has 1 fully saturated rings.